The van der Waals surface area contributed by atoms with E-state index in [-0.39, 0.29) is 11.3 Å². The summed E-state index contributed by atoms with van der Waals surface area (Å²) in [6.45, 7) is 0.315. The fourth-order valence-electron chi connectivity index (χ4n) is 1.51. The van der Waals surface area contributed by atoms with Gasteiger partial charge in [0, 0.05) is 12.4 Å². The average Bonchev–Trinajstić information content (AvgIpc) is 2.46. The number of methoxy groups -OCH3 is 1. The van der Waals surface area contributed by atoms with E-state index in [1.165, 1.54) is 25.3 Å². The molecule has 0 atom stereocenters. The highest BCUT2D eigenvalue weighted by molar-refractivity contribution is 5.90. The van der Waals surface area contributed by atoms with Crippen molar-refractivity contribution >= 4 is 11.7 Å². The molecule has 0 saturated carbocycles. The number of nitrogens with zero attached hydrogens (tertiary/aromatic N) is 2. The van der Waals surface area contributed by atoms with Crippen LogP contribution in [0.5, 0.6) is 0 Å². The molecule has 2 aromatic rings. The maximum absolute atomic E-state index is 13.6. The standard InChI is InChI=1S/C13H12FN3O2/c1-19-13(18)9-2-3-11(14)12(6-9)17-8-10-7-15-4-5-16-10/h2-7,17H,8H2,1H3. The van der Waals surface area contributed by atoms with Crippen molar-refractivity contribution in [1.29, 1.82) is 0 Å². The molecule has 0 aliphatic carbocycles. The Morgan fingerprint density at radius 3 is 2.95 bits per heavy atom. The first-order valence-corrected chi connectivity index (χ1v) is 5.57. The van der Waals surface area contributed by atoms with E-state index in [1.54, 1.807) is 18.6 Å². The molecule has 0 bridgehead atoms. The van der Waals surface area contributed by atoms with Crippen LogP contribution in [0.3, 0.4) is 0 Å². The summed E-state index contributed by atoms with van der Waals surface area (Å²) in [5.74, 6) is -0.959. The molecule has 1 aromatic carbocycles. The van der Waals surface area contributed by atoms with Gasteiger partial charge < -0.3 is 10.1 Å². The van der Waals surface area contributed by atoms with Crippen molar-refractivity contribution in [1.82, 2.24) is 9.97 Å². The lowest BCUT2D eigenvalue weighted by Gasteiger charge is -2.08. The van der Waals surface area contributed by atoms with Gasteiger partial charge in [-0.05, 0) is 18.2 Å². The number of nitrogens with one attached hydrogen (secondary N) is 1. The van der Waals surface area contributed by atoms with Crippen molar-refractivity contribution < 1.29 is 13.9 Å². The van der Waals surface area contributed by atoms with Gasteiger partial charge in [-0.1, -0.05) is 0 Å². The second-order valence-electron chi connectivity index (χ2n) is 3.74. The molecule has 6 heteroatoms. The van der Waals surface area contributed by atoms with Crippen molar-refractivity contribution in [2.24, 2.45) is 0 Å². The van der Waals surface area contributed by atoms with Crippen LogP contribution in [0.1, 0.15) is 16.1 Å². The molecular weight excluding hydrogens is 249 g/mol. The van der Waals surface area contributed by atoms with Gasteiger partial charge in [-0.2, -0.15) is 0 Å². The topological polar surface area (TPSA) is 64.1 Å². The Hall–Kier alpha value is -2.50. The van der Waals surface area contributed by atoms with Gasteiger partial charge in [-0.15, -0.1) is 0 Å². The molecule has 19 heavy (non-hydrogen) atoms. The molecule has 0 radical (unpaired) electrons. The summed E-state index contributed by atoms with van der Waals surface area (Å²) in [6, 6.07) is 3.98. The third-order valence-corrected chi connectivity index (χ3v) is 2.46. The maximum atomic E-state index is 13.6. The molecule has 5 nitrogen and oxygen atoms in total. The van der Waals surface area contributed by atoms with Gasteiger partial charge in [0.05, 0.1) is 36.8 Å². The summed E-state index contributed by atoms with van der Waals surface area (Å²) in [6.07, 6.45) is 4.69. The van der Waals surface area contributed by atoms with Gasteiger partial charge in [0.1, 0.15) is 5.82 Å². The van der Waals surface area contributed by atoms with Crippen molar-refractivity contribution in [3.63, 3.8) is 0 Å². The Morgan fingerprint density at radius 1 is 1.42 bits per heavy atom. The SMILES string of the molecule is COC(=O)c1ccc(F)c(NCc2cnccn2)c1. The van der Waals surface area contributed by atoms with Crippen molar-refractivity contribution in [2.75, 3.05) is 12.4 Å². The largest absolute Gasteiger partial charge is 0.465 e. The molecular formula is C13H12FN3O2. The molecule has 0 unspecified atom stereocenters. The fourth-order valence-corrected chi connectivity index (χ4v) is 1.51. The molecule has 0 amide bonds. The highest BCUT2D eigenvalue weighted by Crippen LogP contribution is 2.17. The number of esters is 1. The van der Waals surface area contributed by atoms with Crippen LogP contribution in [0.2, 0.25) is 0 Å². The van der Waals surface area contributed by atoms with E-state index in [0.717, 1.165) is 0 Å². The van der Waals surface area contributed by atoms with E-state index in [0.29, 0.717) is 12.2 Å². The zero-order valence-electron chi connectivity index (χ0n) is 10.3. The fraction of sp³-hybridized carbons (Fsp3) is 0.154. The number of carbonyl (C=O) groups is 1. The predicted molar refractivity (Wildman–Crippen MR) is 67.1 cm³/mol. The number of ether oxygens (including phenoxy) is 1. The average molecular weight is 261 g/mol. The number of halogens is 1. The summed E-state index contributed by atoms with van der Waals surface area (Å²) in [5, 5.41) is 2.86. The molecule has 0 aliphatic rings. The zero-order valence-corrected chi connectivity index (χ0v) is 10.3. The maximum Gasteiger partial charge on any atom is 0.337 e. The van der Waals surface area contributed by atoms with Crippen molar-refractivity contribution in [3.8, 4) is 0 Å². The van der Waals surface area contributed by atoms with E-state index < -0.39 is 11.8 Å². The summed E-state index contributed by atoms with van der Waals surface area (Å²) in [5.41, 5.74) is 1.17. The lowest BCUT2D eigenvalue weighted by molar-refractivity contribution is 0.0600. The van der Waals surface area contributed by atoms with E-state index >= 15 is 0 Å². The van der Waals surface area contributed by atoms with Gasteiger partial charge in [0.2, 0.25) is 0 Å². The minimum Gasteiger partial charge on any atom is -0.465 e. The van der Waals surface area contributed by atoms with Crippen LogP contribution in [0, 0.1) is 5.82 Å². The van der Waals surface area contributed by atoms with Crippen LogP contribution >= 0.6 is 0 Å². The Morgan fingerprint density at radius 2 is 2.26 bits per heavy atom. The molecule has 1 aromatic heterocycles. The Labute approximate surface area is 109 Å². The third-order valence-electron chi connectivity index (χ3n) is 2.46. The van der Waals surface area contributed by atoms with Crippen LogP contribution in [-0.4, -0.2) is 23.0 Å². The number of hydrogen-bond donors (Lipinski definition) is 1. The van der Waals surface area contributed by atoms with Gasteiger partial charge in [0.25, 0.3) is 0 Å². The van der Waals surface area contributed by atoms with E-state index in [9.17, 15) is 9.18 Å². The quantitative estimate of drug-likeness (QED) is 0.853. The van der Waals surface area contributed by atoms with Gasteiger partial charge in [0.15, 0.2) is 0 Å². The van der Waals surface area contributed by atoms with Gasteiger partial charge >= 0.3 is 5.97 Å². The molecule has 1 heterocycles. The van der Waals surface area contributed by atoms with Crippen molar-refractivity contribution in [2.45, 2.75) is 6.54 Å². The van der Waals surface area contributed by atoms with Crippen LogP contribution in [0.15, 0.2) is 36.8 Å². The van der Waals surface area contributed by atoms with Gasteiger partial charge in [-0.25, -0.2) is 9.18 Å². The lowest BCUT2D eigenvalue weighted by Crippen LogP contribution is -2.06. The second-order valence-corrected chi connectivity index (χ2v) is 3.74. The summed E-state index contributed by atoms with van der Waals surface area (Å²) >= 11 is 0. The Bertz CT molecular complexity index is 575. The summed E-state index contributed by atoms with van der Waals surface area (Å²) in [7, 11) is 1.28. The Balaban J connectivity index is 2.13. The number of carbonyl (C=O) groups excluding carboxylic acids is 1. The first-order valence-electron chi connectivity index (χ1n) is 5.57. The molecule has 0 saturated heterocycles. The number of aromatic nitrogens is 2. The number of anilines is 1. The first kappa shape index (κ1) is 12.9. The Kier molecular flexibility index (Phi) is 4.02. The smallest absolute Gasteiger partial charge is 0.337 e. The van der Waals surface area contributed by atoms with E-state index in [1.807, 2.05) is 0 Å². The lowest BCUT2D eigenvalue weighted by atomic mass is 10.2. The highest BCUT2D eigenvalue weighted by Gasteiger charge is 2.09. The molecule has 0 spiro atoms. The van der Waals surface area contributed by atoms with Crippen LogP contribution in [-0.2, 0) is 11.3 Å². The number of rotatable bonds is 4. The predicted octanol–water partition coefficient (Wildman–Crippen LogP) is 2.01. The number of hydrogen-bond acceptors (Lipinski definition) is 5. The molecule has 0 aliphatic heterocycles. The van der Waals surface area contributed by atoms with E-state index in [4.69, 9.17) is 0 Å². The monoisotopic (exact) mass is 261 g/mol. The zero-order chi connectivity index (χ0) is 13.7. The minimum atomic E-state index is -0.512. The van der Waals surface area contributed by atoms with Crippen LogP contribution < -0.4 is 5.32 Å². The molecule has 0 fully saturated rings. The normalized spacial score (nSPS) is 10.0. The summed E-state index contributed by atoms with van der Waals surface area (Å²) in [4.78, 5) is 19.3. The third kappa shape index (κ3) is 3.25. The first-order chi connectivity index (χ1) is 9.20. The van der Waals surface area contributed by atoms with Crippen LogP contribution in [0.4, 0.5) is 10.1 Å². The molecule has 1 N–H and O–H groups in total. The number of benzene rings is 1. The second kappa shape index (κ2) is 5.90. The van der Waals surface area contributed by atoms with Crippen LogP contribution in [0.25, 0.3) is 0 Å². The minimum absolute atomic E-state index is 0.216. The molecule has 2 rings (SSSR count). The highest BCUT2D eigenvalue weighted by atomic mass is 19.1. The summed E-state index contributed by atoms with van der Waals surface area (Å²) < 4.78 is 18.2. The van der Waals surface area contributed by atoms with Crippen molar-refractivity contribution in [3.05, 3.63) is 53.9 Å². The van der Waals surface area contributed by atoms with Gasteiger partial charge in [-0.3, -0.25) is 9.97 Å². The van der Waals surface area contributed by atoms with E-state index in [2.05, 4.69) is 20.0 Å². The molecule has 98 valence electrons.